The molecule has 0 bridgehead atoms. The number of rotatable bonds is 10. The van der Waals surface area contributed by atoms with E-state index < -0.39 is 0 Å². The van der Waals surface area contributed by atoms with Crippen LogP contribution in [0.1, 0.15) is 35.3 Å². The van der Waals surface area contributed by atoms with Crippen LogP contribution in [0.3, 0.4) is 0 Å². The quantitative estimate of drug-likeness (QED) is 0.456. The highest BCUT2D eigenvalue weighted by Crippen LogP contribution is 2.08. The van der Waals surface area contributed by atoms with Gasteiger partial charge in [0.05, 0.1) is 6.54 Å². The number of hydrogen-bond donors (Lipinski definition) is 2. The fourth-order valence-electron chi connectivity index (χ4n) is 3.18. The molecule has 1 amide bonds. The second kappa shape index (κ2) is 12.7. The minimum Gasteiger partial charge on any atom is -0.357 e. The molecule has 2 aromatic carbocycles. The van der Waals surface area contributed by atoms with E-state index in [0.29, 0.717) is 12.6 Å². The van der Waals surface area contributed by atoms with Crippen molar-refractivity contribution in [2.75, 3.05) is 40.8 Å². The van der Waals surface area contributed by atoms with E-state index in [1.54, 1.807) is 19.0 Å². The normalized spacial score (nSPS) is 12.5. The van der Waals surface area contributed by atoms with E-state index in [4.69, 9.17) is 4.99 Å². The van der Waals surface area contributed by atoms with E-state index >= 15 is 0 Å². The molecular formula is C25H37N5O. The second-order valence-corrected chi connectivity index (χ2v) is 8.05. The number of likely N-dealkylation sites (N-methyl/N-ethyl adjacent to an activating group) is 1. The molecule has 0 spiro atoms. The summed E-state index contributed by atoms with van der Waals surface area (Å²) in [5, 5.41) is 6.73. The third-order valence-electron chi connectivity index (χ3n) is 5.17. The first-order valence-corrected chi connectivity index (χ1v) is 11.0. The van der Waals surface area contributed by atoms with E-state index in [0.717, 1.165) is 43.1 Å². The van der Waals surface area contributed by atoms with Gasteiger partial charge in [-0.3, -0.25) is 14.7 Å². The Morgan fingerprint density at radius 1 is 1.00 bits per heavy atom. The summed E-state index contributed by atoms with van der Waals surface area (Å²) in [7, 11) is 5.68. The standard InChI is InChI=1S/C25H37N5O/c1-6-26-25(28-18-20(2)30(5)19-22-11-8-7-9-12-22)27-16-15-21-13-10-14-23(17-21)24(31)29(3)4/h7-14,17,20H,6,15-16,18-19H2,1-5H3,(H2,26,27,28). The van der Waals surface area contributed by atoms with Gasteiger partial charge < -0.3 is 15.5 Å². The Kier molecular flexibility index (Phi) is 10.0. The fourth-order valence-corrected chi connectivity index (χ4v) is 3.18. The third kappa shape index (κ3) is 8.42. The number of carbonyl (C=O) groups is 1. The smallest absolute Gasteiger partial charge is 0.253 e. The van der Waals surface area contributed by atoms with Crippen molar-refractivity contribution in [2.24, 2.45) is 4.99 Å². The lowest BCUT2D eigenvalue weighted by Crippen LogP contribution is -2.40. The van der Waals surface area contributed by atoms with Gasteiger partial charge in [-0.15, -0.1) is 0 Å². The Balaban J connectivity index is 1.87. The lowest BCUT2D eigenvalue weighted by Gasteiger charge is -2.24. The van der Waals surface area contributed by atoms with Crippen molar-refractivity contribution >= 4 is 11.9 Å². The van der Waals surface area contributed by atoms with Gasteiger partial charge in [0.2, 0.25) is 0 Å². The number of amides is 1. The van der Waals surface area contributed by atoms with Crippen LogP contribution in [0, 0.1) is 0 Å². The van der Waals surface area contributed by atoms with Crippen LogP contribution in [-0.2, 0) is 13.0 Å². The van der Waals surface area contributed by atoms with Crippen LogP contribution in [0.25, 0.3) is 0 Å². The van der Waals surface area contributed by atoms with E-state index in [9.17, 15) is 4.79 Å². The molecule has 168 valence electrons. The zero-order valence-corrected chi connectivity index (χ0v) is 19.6. The summed E-state index contributed by atoms with van der Waals surface area (Å²) in [6.07, 6.45) is 0.822. The molecule has 0 aromatic heterocycles. The maximum absolute atomic E-state index is 12.2. The zero-order chi connectivity index (χ0) is 22.6. The molecule has 2 rings (SSSR count). The van der Waals surface area contributed by atoms with Crippen LogP contribution in [0.5, 0.6) is 0 Å². The van der Waals surface area contributed by atoms with Crippen LogP contribution < -0.4 is 10.6 Å². The molecule has 0 saturated heterocycles. The van der Waals surface area contributed by atoms with Gasteiger partial charge in [-0.1, -0.05) is 42.5 Å². The highest BCUT2D eigenvalue weighted by Gasteiger charge is 2.10. The molecule has 2 N–H and O–H groups in total. The Morgan fingerprint density at radius 3 is 2.39 bits per heavy atom. The first-order chi connectivity index (χ1) is 14.9. The Bertz CT molecular complexity index is 835. The molecule has 0 fully saturated rings. The summed E-state index contributed by atoms with van der Waals surface area (Å²) in [4.78, 5) is 20.8. The maximum Gasteiger partial charge on any atom is 0.253 e. The summed E-state index contributed by atoms with van der Waals surface area (Å²) in [6.45, 7) is 7.45. The van der Waals surface area contributed by atoms with Gasteiger partial charge in [-0.2, -0.15) is 0 Å². The Labute approximate surface area is 187 Å². The van der Waals surface area contributed by atoms with Crippen molar-refractivity contribution in [3.8, 4) is 0 Å². The van der Waals surface area contributed by atoms with Gasteiger partial charge in [0, 0.05) is 45.3 Å². The first-order valence-electron chi connectivity index (χ1n) is 11.0. The molecule has 6 nitrogen and oxygen atoms in total. The van der Waals surface area contributed by atoms with Gasteiger partial charge in [0.25, 0.3) is 5.91 Å². The molecule has 0 aliphatic carbocycles. The van der Waals surface area contributed by atoms with Crippen molar-refractivity contribution in [2.45, 2.75) is 32.9 Å². The summed E-state index contributed by atoms with van der Waals surface area (Å²) >= 11 is 0. The second-order valence-electron chi connectivity index (χ2n) is 8.05. The number of aliphatic imine (C=N–C) groups is 1. The Hall–Kier alpha value is -2.86. The fraction of sp³-hybridized carbons (Fsp3) is 0.440. The number of benzene rings is 2. The SMILES string of the molecule is CCNC(=NCC(C)N(C)Cc1ccccc1)NCCc1cccc(C(=O)N(C)C)c1. The summed E-state index contributed by atoms with van der Waals surface area (Å²) in [5.41, 5.74) is 3.16. The number of nitrogens with zero attached hydrogens (tertiary/aromatic N) is 3. The molecule has 1 atom stereocenters. The number of hydrogen-bond acceptors (Lipinski definition) is 3. The lowest BCUT2D eigenvalue weighted by atomic mass is 10.1. The third-order valence-corrected chi connectivity index (χ3v) is 5.17. The van der Waals surface area contributed by atoms with Crippen LogP contribution in [0.4, 0.5) is 0 Å². The molecule has 0 saturated carbocycles. The van der Waals surface area contributed by atoms with Gasteiger partial charge in [-0.05, 0) is 50.6 Å². The number of guanidine groups is 1. The lowest BCUT2D eigenvalue weighted by molar-refractivity contribution is 0.0827. The van der Waals surface area contributed by atoms with E-state index in [1.807, 2.05) is 24.3 Å². The largest absolute Gasteiger partial charge is 0.357 e. The monoisotopic (exact) mass is 423 g/mol. The van der Waals surface area contributed by atoms with Crippen molar-refractivity contribution in [1.82, 2.24) is 20.4 Å². The van der Waals surface area contributed by atoms with Gasteiger partial charge >= 0.3 is 0 Å². The highest BCUT2D eigenvalue weighted by atomic mass is 16.2. The minimum atomic E-state index is 0.0262. The van der Waals surface area contributed by atoms with Gasteiger partial charge in [0.1, 0.15) is 0 Å². The Morgan fingerprint density at radius 2 is 1.71 bits per heavy atom. The van der Waals surface area contributed by atoms with E-state index in [-0.39, 0.29) is 5.91 Å². The maximum atomic E-state index is 12.2. The van der Waals surface area contributed by atoms with Crippen LogP contribution in [0.2, 0.25) is 0 Å². The average Bonchev–Trinajstić information content (AvgIpc) is 2.77. The van der Waals surface area contributed by atoms with Crippen LogP contribution in [-0.4, -0.2) is 68.5 Å². The number of carbonyl (C=O) groups excluding carboxylic acids is 1. The summed E-state index contributed by atoms with van der Waals surface area (Å²) < 4.78 is 0. The molecule has 0 aliphatic heterocycles. The van der Waals surface area contributed by atoms with E-state index in [2.05, 4.69) is 66.8 Å². The predicted molar refractivity (Wildman–Crippen MR) is 130 cm³/mol. The molecule has 6 heteroatoms. The highest BCUT2D eigenvalue weighted by molar-refractivity contribution is 5.94. The summed E-state index contributed by atoms with van der Waals surface area (Å²) in [5.74, 6) is 0.848. The van der Waals surface area contributed by atoms with Crippen LogP contribution in [0.15, 0.2) is 59.6 Å². The molecule has 0 aliphatic rings. The molecule has 31 heavy (non-hydrogen) atoms. The van der Waals surface area contributed by atoms with Crippen molar-refractivity contribution in [3.63, 3.8) is 0 Å². The van der Waals surface area contributed by atoms with Crippen molar-refractivity contribution < 1.29 is 4.79 Å². The minimum absolute atomic E-state index is 0.0262. The molecular weight excluding hydrogens is 386 g/mol. The molecule has 1 unspecified atom stereocenters. The van der Waals surface area contributed by atoms with Crippen LogP contribution >= 0.6 is 0 Å². The van der Waals surface area contributed by atoms with Crippen molar-refractivity contribution in [3.05, 3.63) is 71.3 Å². The predicted octanol–water partition coefficient (Wildman–Crippen LogP) is 3.01. The molecule has 2 aromatic rings. The van der Waals surface area contributed by atoms with Gasteiger partial charge in [-0.25, -0.2) is 0 Å². The first kappa shape index (κ1) is 24.4. The molecule has 0 heterocycles. The zero-order valence-electron chi connectivity index (χ0n) is 19.6. The van der Waals surface area contributed by atoms with E-state index in [1.165, 1.54) is 5.56 Å². The van der Waals surface area contributed by atoms with Gasteiger partial charge in [0.15, 0.2) is 5.96 Å². The average molecular weight is 424 g/mol. The van der Waals surface area contributed by atoms with Crippen molar-refractivity contribution in [1.29, 1.82) is 0 Å². The topological polar surface area (TPSA) is 60.0 Å². The molecule has 0 radical (unpaired) electrons. The summed E-state index contributed by atoms with van der Waals surface area (Å²) in [6, 6.07) is 18.6. The number of nitrogens with one attached hydrogen (secondary N) is 2.